The molecule has 4 heteroatoms. The SMILES string of the molecule is C=CCN1C(=O)[C@@H]2[C@@H](C1=O)[C@H]1C(=O)C[C@H]2c2ccccc21. The van der Waals surface area contributed by atoms with Gasteiger partial charge in [0, 0.05) is 18.9 Å². The number of ketones is 1. The van der Waals surface area contributed by atoms with Crippen molar-refractivity contribution in [1.82, 2.24) is 4.90 Å². The van der Waals surface area contributed by atoms with Crippen molar-refractivity contribution < 1.29 is 14.4 Å². The molecule has 0 N–H and O–H groups in total. The van der Waals surface area contributed by atoms with E-state index in [1.165, 1.54) is 4.90 Å². The van der Waals surface area contributed by atoms with Crippen LogP contribution in [0.3, 0.4) is 0 Å². The molecule has 3 aliphatic carbocycles. The fourth-order valence-corrected chi connectivity index (χ4v) is 4.33. The van der Waals surface area contributed by atoms with Crippen LogP contribution in [0.5, 0.6) is 0 Å². The summed E-state index contributed by atoms with van der Waals surface area (Å²) >= 11 is 0. The first kappa shape index (κ1) is 12.5. The molecular formula is C17H15NO3. The van der Waals surface area contributed by atoms with Crippen LogP contribution in [0.2, 0.25) is 0 Å². The normalized spacial score (nSPS) is 33.1. The second-order valence-corrected chi connectivity index (χ2v) is 6.01. The molecule has 2 bridgehead atoms. The molecule has 2 amide bonds. The molecule has 1 aromatic carbocycles. The molecule has 2 fully saturated rings. The van der Waals surface area contributed by atoms with Crippen molar-refractivity contribution in [2.75, 3.05) is 6.54 Å². The molecule has 0 unspecified atom stereocenters. The minimum Gasteiger partial charge on any atom is -0.299 e. The van der Waals surface area contributed by atoms with Crippen molar-refractivity contribution in [2.45, 2.75) is 18.3 Å². The van der Waals surface area contributed by atoms with Gasteiger partial charge in [0.2, 0.25) is 11.8 Å². The van der Waals surface area contributed by atoms with E-state index < -0.39 is 11.8 Å². The standard InChI is InChI=1S/C17H15NO3/c1-2-7-18-16(20)14-11-8-12(19)13(15(14)17(18)21)10-6-4-3-5-9(10)11/h2-6,11,13-15H,1,7-8H2/t11-,13+,14-,15-/m0/s1. The number of nitrogens with zero attached hydrogens (tertiary/aromatic N) is 1. The van der Waals surface area contributed by atoms with E-state index in [1.807, 2.05) is 24.3 Å². The number of imide groups is 1. The minimum absolute atomic E-state index is 0.0987. The monoisotopic (exact) mass is 281 g/mol. The fourth-order valence-electron chi connectivity index (χ4n) is 4.33. The third-order valence-corrected chi connectivity index (χ3v) is 5.09. The topological polar surface area (TPSA) is 54.5 Å². The Labute approximate surface area is 122 Å². The molecule has 1 saturated heterocycles. The lowest BCUT2D eigenvalue weighted by atomic mass is 9.56. The van der Waals surface area contributed by atoms with E-state index >= 15 is 0 Å². The zero-order valence-corrected chi connectivity index (χ0v) is 11.5. The van der Waals surface area contributed by atoms with E-state index in [4.69, 9.17) is 0 Å². The zero-order valence-electron chi connectivity index (χ0n) is 11.5. The number of rotatable bonds is 2. The third-order valence-electron chi connectivity index (χ3n) is 5.09. The van der Waals surface area contributed by atoms with Gasteiger partial charge in [0.15, 0.2) is 0 Å². The molecule has 1 aromatic rings. The Hall–Kier alpha value is -2.23. The lowest BCUT2D eigenvalue weighted by Gasteiger charge is -2.43. The first-order chi connectivity index (χ1) is 10.1. The summed E-state index contributed by atoms with van der Waals surface area (Å²) in [6, 6.07) is 7.74. The highest BCUT2D eigenvalue weighted by Crippen LogP contribution is 2.57. The van der Waals surface area contributed by atoms with Gasteiger partial charge in [-0.15, -0.1) is 6.58 Å². The lowest BCUT2D eigenvalue weighted by Crippen LogP contribution is -2.44. The van der Waals surface area contributed by atoms with E-state index in [9.17, 15) is 14.4 Å². The predicted octanol–water partition coefficient (Wildman–Crippen LogP) is 1.63. The van der Waals surface area contributed by atoms with E-state index in [1.54, 1.807) is 6.08 Å². The van der Waals surface area contributed by atoms with Gasteiger partial charge < -0.3 is 0 Å². The summed E-state index contributed by atoms with van der Waals surface area (Å²) in [6.45, 7) is 3.84. The molecule has 1 aliphatic heterocycles. The average Bonchev–Trinajstić information content (AvgIpc) is 2.74. The molecule has 4 atom stereocenters. The number of carbonyl (C=O) groups is 3. The molecule has 106 valence electrons. The van der Waals surface area contributed by atoms with Crippen LogP contribution in [0.25, 0.3) is 0 Å². The van der Waals surface area contributed by atoms with Crippen LogP contribution in [-0.2, 0) is 14.4 Å². The molecule has 0 aromatic heterocycles. The number of fused-ring (bicyclic) bond motifs is 1. The van der Waals surface area contributed by atoms with E-state index in [0.717, 1.165) is 11.1 Å². The Kier molecular flexibility index (Phi) is 2.46. The maximum Gasteiger partial charge on any atom is 0.234 e. The van der Waals surface area contributed by atoms with Gasteiger partial charge in [-0.1, -0.05) is 30.3 Å². The quantitative estimate of drug-likeness (QED) is 0.611. The van der Waals surface area contributed by atoms with E-state index in [0.29, 0.717) is 6.42 Å². The number of likely N-dealkylation sites (tertiary alicyclic amines) is 1. The van der Waals surface area contributed by atoms with Crippen LogP contribution in [0.15, 0.2) is 36.9 Å². The van der Waals surface area contributed by atoms with Gasteiger partial charge in [0.05, 0.1) is 17.8 Å². The molecule has 4 nitrogen and oxygen atoms in total. The van der Waals surface area contributed by atoms with Gasteiger partial charge >= 0.3 is 0 Å². The van der Waals surface area contributed by atoms with Gasteiger partial charge in [0.1, 0.15) is 5.78 Å². The number of hydrogen-bond donors (Lipinski definition) is 0. The highest BCUT2D eigenvalue weighted by molar-refractivity contribution is 6.11. The van der Waals surface area contributed by atoms with E-state index in [-0.39, 0.29) is 36.0 Å². The Balaban J connectivity index is 1.88. The molecular weight excluding hydrogens is 266 g/mol. The van der Waals surface area contributed by atoms with Gasteiger partial charge in [-0.05, 0) is 11.1 Å². The lowest BCUT2D eigenvalue weighted by molar-refractivity contribution is -0.139. The van der Waals surface area contributed by atoms with Crippen LogP contribution >= 0.6 is 0 Å². The number of carbonyl (C=O) groups excluding carboxylic acids is 3. The van der Waals surface area contributed by atoms with Crippen molar-refractivity contribution in [2.24, 2.45) is 11.8 Å². The number of amides is 2. The Morgan fingerprint density at radius 1 is 1.10 bits per heavy atom. The van der Waals surface area contributed by atoms with Crippen LogP contribution in [0, 0.1) is 11.8 Å². The molecule has 0 spiro atoms. The highest BCUT2D eigenvalue weighted by Gasteiger charge is 2.62. The minimum atomic E-state index is -0.501. The van der Waals surface area contributed by atoms with Crippen LogP contribution in [0.4, 0.5) is 0 Å². The molecule has 0 radical (unpaired) electrons. The molecule has 21 heavy (non-hydrogen) atoms. The largest absolute Gasteiger partial charge is 0.299 e. The van der Waals surface area contributed by atoms with Crippen LogP contribution in [-0.4, -0.2) is 29.0 Å². The number of hydrogen-bond acceptors (Lipinski definition) is 3. The van der Waals surface area contributed by atoms with Crippen molar-refractivity contribution in [3.05, 3.63) is 48.0 Å². The fraction of sp³-hybridized carbons (Fsp3) is 0.353. The Bertz CT molecular complexity index is 693. The summed E-state index contributed by atoms with van der Waals surface area (Å²) in [5.41, 5.74) is 2.02. The second kappa shape index (κ2) is 4.13. The smallest absolute Gasteiger partial charge is 0.234 e. The number of Topliss-reactive ketones (excluding diaryl/α,β-unsaturated/α-hetero) is 1. The highest BCUT2D eigenvalue weighted by atomic mass is 16.2. The summed E-state index contributed by atoms with van der Waals surface area (Å²) < 4.78 is 0. The molecule has 1 saturated carbocycles. The second-order valence-electron chi connectivity index (χ2n) is 6.01. The Morgan fingerprint density at radius 3 is 2.48 bits per heavy atom. The maximum absolute atomic E-state index is 12.6. The summed E-state index contributed by atoms with van der Waals surface area (Å²) in [7, 11) is 0. The summed E-state index contributed by atoms with van der Waals surface area (Å²) in [5.74, 6) is -1.70. The van der Waals surface area contributed by atoms with Gasteiger partial charge in [0.25, 0.3) is 0 Å². The van der Waals surface area contributed by atoms with Gasteiger partial charge in [-0.2, -0.15) is 0 Å². The Morgan fingerprint density at radius 2 is 1.76 bits per heavy atom. The first-order valence-electron chi connectivity index (χ1n) is 7.22. The van der Waals surface area contributed by atoms with Crippen LogP contribution in [0.1, 0.15) is 29.4 Å². The van der Waals surface area contributed by atoms with Crippen molar-refractivity contribution in [3.63, 3.8) is 0 Å². The summed E-state index contributed by atoms with van der Waals surface area (Å²) in [4.78, 5) is 38.8. The van der Waals surface area contributed by atoms with Crippen molar-refractivity contribution >= 4 is 17.6 Å². The summed E-state index contributed by atoms with van der Waals surface area (Å²) in [5, 5.41) is 0. The first-order valence-corrected chi connectivity index (χ1v) is 7.22. The molecule has 4 aliphatic rings. The van der Waals surface area contributed by atoms with Crippen molar-refractivity contribution in [1.29, 1.82) is 0 Å². The van der Waals surface area contributed by atoms with Crippen molar-refractivity contribution in [3.8, 4) is 0 Å². The van der Waals surface area contributed by atoms with Crippen LogP contribution < -0.4 is 0 Å². The molecule has 1 heterocycles. The van der Waals surface area contributed by atoms with Gasteiger partial charge in [-0.3, -0.25) is 19.3 Å². The van der Waals surface area contributed by atoms with E-state index in [2.05, 4.69) is 6.58 Å². The molecule has 5 rings (SSSR count). The van der Waals surface area contributed by atoms with Gasteiger partial charge in [-0.25, -0.2) is 0 Å². The third kappa shape index (κ3) is 1.42. The average molecular weight is 281 g/mol. The number of benzene rings is 1. The predicted molar refractivity (Wildman–Crippen MR) is 75.4 cm³/mol. The maximum atomic E-state index is 12.6. The summed E-state index contributed by atoms with van der Waals surface area (Å²) in [6.07, 6.45) is 1.94. The zero-order chi connectivity index (χ0) is 14.7.